The number of aryl methyl sites for hydroxylation is 2. The molecule has 3 heteroatoms. The van der Waals surface area contributed by atoms with Gasteiger partial charge in [-0.3, -0.25) is 0 Å². The van der Waals surface area contributed by atoms with Crippen molar-refractivity contribution in [1.82, 2.24) is 0 Å². The fraction of sp³-hybridized carbons (Fsp3) is 0.600. The zero-order valence-electron chi connectivity index (χ0n) is 11.8. The first-order chi connectivity index (χ1) is 8.39. The van der Waals surface area contributed by atoms with Gasteiger partial charge in [-0.1, -0.05) is 0 Å². The number of benzene rings is 1. The molecular weight excluding hydrogens is 228 g/mol. The Morgan fingerprint density at radius 3 is 2.17 bits per heavy atom. The molecule has 1 aromatic rings. The molecule has 0 saturated heterocycles. The first-order valence-corrected chi connectivity index (χ1v) is 6.37. The van der Waals surface area contributed by atoms with Crippen molar-refractivity contribution in [2.24, 2.45) is 0 Å². The maximum absolute atomic E-state index is 10.1. The van der Waals surface area contributed by atoms with E-state index in [-0.39, 0.29) is 6.61 Å². The molecule has 0 aliphatic heterocycles. The van der Waals surface area contributed by atoms with Crippen molar-refractivity contribution >= 4 is 0 Å². The van der Waals surface area contributed by atoms with Crippen LogP contribution in [0.1, 0.15) is 36.5 Å². The largest absolute Gasteiger partial charge is 0.497 e. The topological polar surface area (TPSA) is 49.7 Å². The number of aliphatic hydroxyl groups excluding tert-OH is 1. The third-order valence-electron chi connectivity index (χ3n) is 3.47. The summed E-state index contributed by atoms with van der Waals surface area (Å²) in [5.41, 5.74) is 2.83. The van der Waals surface area contributed by atoms with Gasteiger partial charge in [0.15, 0.2) is 0 Å². The van der Waals surface area contributed by atoms with Crippen molar-refractivity contribution in [2.45, 2.75) is 45.6 Å². The van der Waals surface area contributed by atoms with Gasteiger partial charge < -0.3 is 14.9 Å². The van der Waals surface area contributed by atoms with Crippen molar-refractivity contribution in [3.05, 3.63) is 28.8 Å². The van der Waals surface area contributed by atoms with Crippen LogP contribution in [0.25, 0.3) is 0 Å². The number of rotatable bonds is 6. The summed E-state index contributed by atoms with van der Waals surface area (Å²) in [6.45, 7) is 5.92. The predicted molar refractivity (Wildman–Crippen MR) is 73.1 cm³/mol. The van der Waals surface area contributed by atoms with Crippen LogP contribution in [0.4, 0.5) is 0 Å². The molecule has 102 valence electrons. The van der Waals surface area contributed by atoms with Crippen LogP contribution in [0.15, 0.2) is 12.1 Å². The Morgan fingerprint density at radius 2 is 1.72 bits per heavy atom. The third-order valence-corrected chi connectivity index (χ3v) is 3.47. The van der Waals surface area contributed by atoms with E-state index in [4.69, 9.17) is 9.84 Å². The van der Waals surface area contributed by atoms with Gasteiger partial charge in [0.1, 0.15) is 5.75 Å². The molecular formula is C15H24O3. The minimum atomic E-state index is -0.798. The molecule has 1 atom stereocenters. The Labute approximate surface area is 109 Å². The summed E-state index contributed by atoms with van der Waals surface area (Å²) < 4.78 is 5.23. The highest BCUT2D eigenvalue weighted by Crippen LogP contribution is 2.25. The van der Waals surface area contributed by atoms with Gasteiger partial charge in [0, 0.05) is 6.61 Å². The Kier molecular flexibility index (Phi) is 5.17. The summed E-state index contributed by atoms with van der Waals surface area (Å²) in [5, 5.41) is 19.0. The Morgan fingerprint density at radius 1 is 1.17 bits per heavy atom. The molecule has 3 nitrogen and oxygen atoms in total. The average molecular weight is 252 g/mol. The molecule has 0 aromatic heterocycles. The van der Waals surface area contributed by atoms with Gasteiger partial charge >= 0.3 is 0 Å². The molecule has 0 saturated carbocycles. The van der Waals surface area contributed by atoms with Gasteiger partial charge in [0.2, 0.25) is 0 Å². The molecule has 18 heavy (non-hydrogen) atoms. The minimum Gasteiger partial charge on any atom is -0.497 e. The lowest BCUT2D eigenvalue weighted by atomic mass is 9.90. The predicted octanol–water partition coefficient (Wildman–Crippen LogP) is 2.38. The lowest BCUT2D eigenvalue weighted by molar-refractivity contribution is 0.0257. The van der Waals surface area contributed by atoms with Crippen molar-refractivity contribution in [1.29, 1.82) is 0 Å². The first-order valence-electron chi connectivity index (χ1n) is 6.37. The van der Waals surface area contributed by atoms with Crippen LogP contribution >= 0.6 is 0 Å². The molecule has 0 fully saturated rings. The number of methoxy groups -OCH3 is 1. The normalized spacial score (nSPS) is 14.3. The molecule has 0 spiro atoms. The Balaban J connectivity index is 2.79. The van der Waals surface area contributed by atoms with Gasteiger partial charge in [-0.2, -0.15) is 0 Å². The van der Waals surface area contributed by atoms with Crippen LogP contribution in [-0.4, -0.2) is 29.5 Å². The van der Waals surface area contributed by atoms with Crippen LogP contribution in [0.2, 0.25) is 0 Å². The van der Waals surface area contributed by atoms with Crippen LogP contribution in [-0.2, 0) is 6.42 Å². The van der Waals surface area contributed by atoms with Crippen molar-refractivity contribution in [3.8, 4) is 5.75 Å². The molecule has 1 rings (SSSR count). The molecule has 2 N–H and O–H groups in total. The number of aliphatic hydroxyl groups is 2. The minimum absolute atomic E-state index is 0.0214. The van der Waals surface area contributed by atoms with Gasteiger partial charge in [0.05, 0.1) is 12.7 Å². The second-order valence-electron chi connectivity index (χ2n) is 5.21. The molecule has 1 unspecified atom stereocenters. The van der Waals surface area contributed by atoms with E-state index in [1.165, 1.54) is 16.7 Å². The van der Waals surface area contributed by atoms with Gasteiger partial charge in [-0.05, 0) is 68.9 Å². The highest BCUT2D eigenvalue weighted by molar-refractivity contribution is 5.41. The Bertz CT molecular complexity index is 374. The smallest absolute Gasteiger partial charge is 0.119 e. The van der Waals surface area contributed by atoms with E-state index < -0.39 is 5.60 Å². The fourth-order valence-corrected chi connectivity index (χ4v) is 2.23. The van der Waals surface area contributed by atoms with E-state index in [1.807, 2.05) is 12.1 Å². The summed E-state index contributed by atoms with van der Waals surface area (Å²) >= 11 is 0. The summed E-state index contributed by atoms with van der Waals surface area (Å²) in [5.74, 6) is 0.871. The SMILES string of the molecule is COc1cc(C)c(CCC(C)(O)CCO)c(C)c1. The fourth-order valence-electron chi connectivity index (χ4n) is 2.23. The van der Waals surface area contributed by atoms with Crippen molar-refractivity contribution in [2.75, 3.05) is 13.7 Å². The first kappa shape index (κ1) is 15.0. The van der Waals surface area contributed by atoms with Gasteiger partial charge in [-0.15, -0.1) is 0 Å². The van der Waals surface area contributed by atoms with Gasteiger partial charge in [-0.25, -0.2) is 0 Å². The lowest BCUT2D eigenvalue weighted by Gasteiger charge is -2.23. The highest BCUT2D eigenvalue weighted by atomic mass is 16.5. The standard InChI is InChI=1S/C15H24O3/c1-11-9-13(18-4)10-12(2)14(11)5-6-15(3,17)7-8-16/h9-10,16-17H,5-8H2,1-4H3. The molecule has 1 aromatic carbocycles. The van der Waals surface area contributed by atoms with E-state index in [0.717, 1.165) is 12.2 Å². The van der Waals surface area contributed by atoms with E-state index in [0.29, 0.717) is 12.8 Å². The van der Waals surface area contributed by atoms with Crippen molar-refractivity contribution in [3.63, 3.8) is 0 Å². The molecule has 0 aliphatic rings. The average Bonchev–Trinajstić information content (AvgIpc) is 2.27. The zero-order valence-corrected chi connectivity index (χ0v) is 11.8. The number of ether oxygens (including phenoxy) is 1. The van der Waals surface area contributed by atoms with Crippen molar-refractivity contribution < 1.29 is 14.9 Å². The summed E-state index contributed by atoms with van der Waals surface area (Å²) in [7, 11) is 1.67. The Hall–Kier alpha value is -1.06. The quantitative estimate of drug-likeness (QED) is 0.817. The molecule has 0 aliphatic carbocycles. The molecule has 0 bridgehead atoms. The van der Waals surface area contributed by atoms with E-state index in [9.17, 15) is 5.11 Å². The molecule has 0 radical (unpaired) electrons. The summed E-state index contributed by atoms with van der Waals surface area (Å²) in [6.07, 6.45) is 1.89. The third kappa shape index (κ3) is 4.00. The van der Waals surface area contributed by atoms with E-state index in [1.54, 1.807) is 14.0 Å². The van der Waals surface area contributed by atoms with Gasteiger partial charge in [0.25, 0.3) is 0 Å². The highest BCUT2D eigenvalue weighted by Gasteiger charge is 2.20. The lowest BCUT2D eigenvalue weighted by Crippen LogP contribution is -2.26. The molecule has 0 heterocycles. The molecule has 0 amide bonds. The summed E-state index contributed by atoms with van der Waals surface area (Å²) in [6, 6.07) is 4.03. The van der Waals surface area contributed by atoms with E-state index >= 15 is 0 Å². The van der Waals surface area contributed by atoms with Crippen LogP contribution < -0.4 is 4.74 Å². The van der Waals surface area contributed by atoms with Crippen LogP contribution in [0.5, 0.6) is 5.75 Å². The van der Waals surface area contributed by atoms with Crippen LogP contribution in [0.3, 0.4) is 0 Å². The second kappa shape index (κ2) is 6.21. The second-order valence-corrected chi connectivity index (χ2v) is 5.21. The van der Waals surface area contributed by atoms with Crippen LogP contribution in [0, 0.1) is 13.8 Å². The monoisotopic (exact) mass is 252 g/mol. The zero-order chi connectivity index (χ0) is 13.8. The summed E-state index contributed by atoms with van der Waals surface area (Å²) in [4.78, 5) is 0. The maximum Gasteiger partial charge on any atom is 0.119 e. The number of hydrogen-bond donors (Lipinski definition) is 2. The number of hydrogen-bond acceptors (Lipinski definition) is 3. The van der Waals surface area contributed by atoms with E-state index in [2.05, 4.69) is 13.8 Å². The maximum atomic E-state index is 10.1.